The number of anilines is 1. The van der Waals surface area contributed by atoms with E-state index in [0.29, 0.717) is 15.0 Å². The van der Waals surface area contributed by atoms with Gasteiger partial charge in [-0.3, -0.25) is 15.1 Å². The van der Waals surface area contributed by atoms with E-state index in [1.807, 2.05) is 41.8 Å². The van der Waals surface area contributed by atoms with Crippen LogP contribution in [0, 0.1) is 0 Å². The number of nitrogens with zero attached hydrogens (tertiary/aromatic N) is 2. The summed E-state index contributed by atoms with van der Waals surface area (Å²) in [7, 11) is 0. The predicted octanol–water partition coefficient (Wildman–Crippen LogP) is 5.33. The van der Waals surface area contributed by atoms with Crippen molar-refractivity contribution in [2.75, 3.05) is 5.32 Å². The number of amides is 1. The summed E-state index contributed by atoms with van der Waals surface area (Å²) in [5.41, 5.74) is 1.77. The number of aromatic nitrogens is 2. The van der Waals surface area contributed by atoms with E-state index in [9.17, 15) is 4.79 Å². The molecule has 1 amide bonds. The molecule has 0 saturated heterocycles. The lowest BCUT2D eigenvalue weighted by atomic mass is 10.2. The summed E-state index contributed by atoms with van der Waals surface area (Å²) >= 11 is 9.10. The number of benzene rings is 1. The van der Waals surface area contributed by atoms with Crippen LogP contribution in [-0.2, 0) is 0 Å². The van der Waals surface area contributed by atoms with Crippen molar-refractivity contribution in [3.63, 3.8) is 0 Å². The lowest BCUT2D eigenvalue weighted by Crippen LogP contribution is -2.10. The second kappa shape index (κ2) is 6.32. The SMILES string of the molecule is O=C(Nc1nc(-c2ccncc2)cs1)c1sc2ccccc2c1Cl. The van der Waals surface area contributed by atoms with Gasteiger partial charge in [0.25, 0.3) is 5.91 Å². The fraction of sp³-hybridized carbons (Fsp3) is 0. The van der Waals surface area contributed by atoms with Gasteiger partial charge in [-0.25, -0.2) is 4.98 Å². The molecule has 7 heteroatoms. The van der Waals surface area contributed by atoms with Crippen molar-refractivity contribution in [3.8, 4) is 11.3 Å². The van der Waals surface area contributed by atoms with Crippen LogP contribution >= 0.6 is 34.3 Å². The third-order valence-electron chi connectivity index (χ3n) is 3.44. The topological polar surface area (TPSA) is 54.9 Å². The highest BCUT2D eigenvalue weighted by molar-refractivity contribution is 7.21. The fourth-order valence-corrected chi connectivity index (χ4v) is 4.43. The largest absolute Gasteiger partial charge is 0.297 e. The Morgan fingerprint density at radius 2 is 1.92 bits per heavy atom. The standard InChI is InChI=1S/C17H10ClN3OS2/c18-14-11-3-1-2-4-13(11)24-15(14)16(22)21-17-20-12(9-23-17)10-5-7-19-8-6-10/h1-9H,(H,20,21,22). The van der Waals surface area contributed by atoms with Gasteiger partial charge >= 0.3 is 0 Å². The van der Waals surface area contributed by atoms with Crippen LogP contribution in [0.2, 0.25) is 5.02 Å². The van der Waals surface area contributed by atoms with Gasteiger partial charge in [0.2, 0.25) is 0 Å². The van der Waals surface area contributed by atoms with Crippen LogP contribution in [0.3, 0.4) is 0 Å². The Labute approximate surface area is 150 Å². The molecule has 0 spiro atoms. The monoisotopic (exact) mass is 371 g/mol. The van der Waals surface area contributed by atoms with Gasteiger partial charge in [-0.05, 0) is 18.2 Å². The Bertz CT molecular complexity index is 1030. The van der Waals surface area contributed by atoms with Crippen LogP contribution in [0.5, 0.6) is 0 Å². The predicted molar refractivity (Wildman–Crippen MR) is 100 cm³/mol. The van der Waals surface area contributed by atoms with E-state index in [0.717, 1.165) is 21.3 Å². The average molecular weight is 372 g/mol. The molecule has 3 heterocycles. The molecule has 24 heavy (non-hydrogen) atoms. The van der Waals surface area contributed by atoms with Crippen molar-refractivity contribution in [2.24, 2.45) is 0 Å². The number of hydrogen-bond donors (Lipinski definition) is 1. The molecule has 1 N–H and O–H groups in total. The van der Waals surface area contributed by atoms with Crippen molar-refractivity contribution < 1.29 is 4.79 Å². The van der Waals surface area contributed by atoms with Crippen LogP contribution in [0.15, 0.2) is 54.2 Å². The van der Waals surface area contributed by atoms with Crippen LogP contribution in [-0.4, -0.2) is 15.9 Å². The summed E-state index contributed by atoms with van der Waals surface area (Å²) in [6.45, 7) is 0. The molecule has 4 nitrogen and oxygen atoms in total. The molecule has 0 aliphatic heterocycles. The van der Waals surface area contributed by atoms with Gasteiger partial charge in [-0.15, -0.1) is 22.7 Å². The van der Waals surface area contributed by atoms with Crippen LogP contribution in [0.25, 0.3) is 21.3 Å². The van der Waals surface area contributed by atoms with Crippen LogP contribution in [0.4, 0.5) is 5.13 Å². The molecule has 0 aliphatic carbocycles. The Hall–Kier alpha value is -2.28. The van der Waals surface area contributed by atoms with E-state index in [-0.39, 0.29) is 5.91 Å². The van der Waals surface area contributed by atoms with Gasteiger partial charge in [0.1, 0.15) is 4.88 Å². The molecule has 0 bridgehead atoms. The third kappa shape index (κ3) is 2.80. The molecule has 0 atom stereocenters. The Morgan fingerprint density at radius 1 is 1.12 bits per heavy atom. The minimum Gasteiger partial charge on any atom is -0.297 e. The lowest BCUT2D eigenvalue weighted by Gasteiger charge is -1.99. The molecule has 0 unspecified atom stereocenters. The highest BCUT2D eigenvalue weighted by Crippen LogP contribution is 2.35. The summed E-state index contributed by atoms with van der Waals surface area (Å²) < 4.78 is 0.990. The van der Waals surface area contributed by atoms with E-state index in [1.54, 1.807) is 12.4 Å². The third-order valence-corrected chi connectivity index (χ3v) is 5.87. The number of pyridine rings is 1. The summed E-state index contributed by atoms with van der Waals surface area (Å²) in [5.74, 6) is -0.239. The second-order valence-corrected chi connectivity index (χ2v) is 7.26. The van der Waals surface area contributed by atoms with Crippen molar-refractivity contribution in [3.05, 3.63) is 64.1 Å². The van der Waals surface area contributed by atoms with Crippen molar-refractivity contribution in [1.82, 2.24) is 9.97 Å². The maximum absolute atomic E-state index is 12.5. The molecule has 1 aromatic carbocycles. The second-order valence-electron chi connectivity index (χ2n) is 4.97. The smallest absolute Gasteiger partial charge is 0.269 e. The number of halogens is 1. The fourth-order valence-electron chi connectivity index (χ4n) is 2.30. The van der Waals surface area contributed by atoms with Crippen molar-refractivity contribution in [2.45, 2.75) is 0 Å². The molecule has 4 aromatic rings. The van der Waals surface area contributed by atoms with Gasteiger partial charge in [0.05, 0.1) is 10.7 Å². The molecule has 3 aromatic heterocycles. The average Bonchev–Trinajstić information content (AvgIpc) is 3.21. The van der Waals surface area contributed by atoms with E-state index in [4.69, 9.17) is 11.6 Å². The lowest BCUT2D eigenvalue weighted by molar-refractivity contribution is 0.103. The first-order valence-electron chi connectivity index (χ1n) is 7.06. The zero-order chi connectivity index (χ0) is 16.5. The normalized spacial score (nSPS) is 10.9. The maximum atomic E-state index is 12.5. The highest BCUT2D eigenvalue weighted by atomic mass is 35.5. The van der Waals surface area contributed by atoms with Gasteiger partial charge < -0.3 is 0 Å². The molecule has 4 rings (SSSR count). The van der Waals surface area contributed by atoms with Gasteiger partial charge in [0, 0.05) is 33.4 Å². The molecule has 0 saturated carbocycles. The zero-order valence-electron chi connectivity index (χ0n) is 12.2. The summed E-state index contributed by atoms with van der Waals surface area (Å²) in [5, 5.41) is 6.65. The Kier molecular flexibility index (Phi) is 4.02. The number of nitrogens with one attached hydrogen (secondary N) is 1. The van der Waals surface area contributed by atoms with E-state index >= 15 is 0 Å². The molecule has 118 valence electrons. The van der Waals surface area contributed by atoms with Gasteiger partial charge in [0.15, 0.2) is 5.13 Å². The van der Waals surface area contributed by atoms with Crippen LogP contribution < -0.4 is 5.32 Å². The molecule has 0 fully saturated rings. The Balaban J connectivity index is 1.60. The number of fused-ring (bicyclic) bond motifs is 1. The summed E-state index contributed by atoms with van der Waals surface area (Å²) in [4.78, 5) is 21.5. The minimum absolute atomic E-state index is 0.239. The number of thiazole rings is 1. The molecule has 0 aliphatic rings. The molecular formula is C17H10ClN3OS2. The summed E-state index contributed by atoms with van der Waals surface area (Å²) in [6, 6.07) is 11.5. The Morgan fingerprint density at radius 3 is 2.71 bits per heavy atom. The number of carbonyl (C=O) groups excluding carboxylic acids is 1. The van der Waals surface area contributed by atoms with Gasteiger partial charge in [-0.1, -0.05) is 29.8 Å². The summed E-state index contributed by atoms with van der Waals surface area (Å²) in [6.07, 6.45) is 3.42. The van der Waals surface area contributed by atoms with Crippen LogP contribution in [0.1, 0.15) is 9.67 Å². The number of thiophene rings is 1. The van der Waals surface area contributed by atoms with Crippen molar-refractivity contribution >= 4 is 55.4 Å². The number of rotatable bonds is 3. The number of hydrogen-bond acceptors (Lipinski definition) is 5. The van der Waals surface area contributed by atoms with E-state index < -0.39 is 0 Å². The van der Waals surface area contributed by atoms with Gasteiger partial charge in [-0.2, -0.15) is 0 Å². The van der Waals surface area contributed by atoms with E-state index in [2.05, 4.69) is 15.3 Å². The van der Waals surface area contributed by atoms with Crippen molar-refractivity contribution in [1.29, 1.82) is 0 Å². The zero-order valence-corrected chi connectivity index (χ0v) is 14.6. The first-order chi connectivity index (χ1) is 11.7. The minimum atomic E-state index is -0.239. The molecular weight excluding hydrogens is 362 g/mol. The first kappa shape index (κ1) is 15.3. The molecule has 0 radical (unpaired) electrons. The van der Waals surface area contributed by atoms with E-state index in [1.165, 1.54) is 22.7 Å². The maximum Gasteiger partial charge on any atom is 0.269 e. The first-order valence-corrected chi connectivity index (χ1v) is 9.14. The number of carbonyl (C=O) groups is 1. The quantitative estimate of drug-likeness (QED) is 0.529. The highest BCUT2D eigenvalue weighted by Gasteiger charge is 2.18.